The fourth-order valence-corrected chi connectivity index (χ4v) is 3.23. The number of hydrogen-bond acceptors (Lipinski definition) is 6. The second-order valence-corrected chi connectivity index (χ2v) is 5.98. The minimum atomic E-state index is -3.80. The molecule has 0 aromatic carbocycles. The lowest BCUT2D eigenvalue weighted by Gasteiger charge is -2.07. The van der Waals surface area contributed by atoms with E-state index in [2.05, 4.69) is 15.1 Å². The fourth-order valence-electron chi connectivity index (χ4n) is 1.96. The van der Waals surface area contributed by atoms with Gasteiger partial charge in [-0.15, -0.1) is 0 Å². The van der Waals surface area contributed by atoms with E-state index >= 15 is 0 Å². The average molecular weight is 307 g/mol. The van der Waals surface area contributed by atoms with Crippen LogP contribution in [0.15, 0.2) is 52.4 Å². The third-order valence-corrected chi connectivity index (χ3v) is 4.35. The molecule has 0 aliphatic heterocycles. The van der Waals surface area contributed by atoms with Gasteiger partial charge in [0.25, 0.3) is 10.0 Å². The number of pyridine rings is 1. The number of hydrazine groups is 1. The van der Waals surface area contributed by atoms with Crippen molar-refractivity contribution in [1.29, 1.82) is 0 Å². The van der Waals surface area contributed by atoms with Crippen molar-refractivity contribution in [3.63, 3.8) is 0 Å². The molecule has 0 aliphatic carbocycles. The van der Waals surface area contributed by atoms with E-state index in [-0.39, 0.29) is 17.4 Å². The molecular formula is C12H13N5O3S. The maximum atomic E-state index is 12.5. The van der Waals surface area contributed by atoms with Crippen LogP contribution >= 0.6 is 0 Å². The van der Waals surface area contributed by atoms with Crippen LogP contribution in [0.3, 0.4) is 0 Å². The number of fused-ring (bicyclic) bond motifs is 1. The van der Waals surface area contributed by atoms with Crippen molar-refractivity contribution in [3.8, 4) is 0 Å². The summed E-state index contributed by atoms with van der Waals surface area (Å²) in [6, 6.07) is 6.84. The monoisotopic (exact) mass is 307 g/mol. The summed E-state index contributed by atoms with van der Waals surface area (Å²) in [5, 5.41) is -0.0379. The van der Waals surface area contributed by atoms with Crippen molar-refractivity contribution in [2.75, 3.05) is 5.43 Å². The van der Waals surface area contributed by atoms with Crippen LogP contribution in [0.4, 0.5) is 5.82 Å². The fraction of sp³-hybridized carbons (Fsp3) is 0.0833. The van der Waals surface area contributed by atoms with E-state index < -0.39 is 10.0 Å². The molecule has 0 amide bonds. The van der Waals surface area contributed by atoms with Crippen LogP contribution in [0.5, 0.6) is 0 Å². The lowest BCUT2D eigenvalue weighted by Crippen LogP contribution is -2.26. The summed E-state index contributed by atoms with van der Waals surface area (Å²) in [5.74, 6) is 5.45. The maximum absolute atomic E-state index is 12.5. The largest absolute Gasteiger partial charge is 0.472 e. The number of nitrogens with one attached hydrogen (secondary N) is 2. The van der Waals surface area contributed by atoms with Crippen LogP contribution in [0, 0.1) is 0 Å². The van der Waals surface area contributed by atoms with E-state index in [1.54, 1.807) is 30.5 Å². The van der Waals surface area contributed by atoms with Crippen molar-refractivity contribution in [3.05, 3.63) is 48.6 Å². The van der Waals surface area contributed by atoms with Crippen LogP contribution in [0.1, 0.15) is 5.56 Å². The quantitative estimate of drug-likeness (QED) is 0.472. The number of furan rings is 1. The Morgan fingerprint density at radius 3 is 2.90 bits per heavy atom. The van der Waals surface area contributed by atoms with Gasteiger partial charge in [0.05, 0.1) is 12.5 Å². The number of rotatable bonds is 5. The Kier molecular flexibility index (Phi) is 3.37. The molecule has 0 saturated heterocycles. The van der Waals surface area contributed by atoms with Gasteiger partial charge in [-0.3, -0.25) is 4.40 Å². The van der Waals surface area contributed by atoms with Crippen LogP contribution in [0.25, 0.3) is 5.65 Å². The first kappa shape index (κ1) is 13.6. The van der Waals surface area contributed by atoms with E-state index in [9.17, 15) is 8.42 Å². The van der Waals surface area contributed by atoms with Gasteiger partial charge in [-0.2, -0.15) is 0 Å². The van der Waals surface area contributed by atoms with Crippen molar-refractivity contribution in [2.24, 2.45) is 5.84 Å². The smallest absolute Gasteiger partial charge is 0.260 e. The predicted molar refractivity (Wildman–Crippen MR) is 75.7 cm³/mol. The van der Waals surface area contributed by atoms with Crippen LogP contribution < -0.4 is 16.0 Å². The molecular weight excluding hydrogens is 294 g/mol. The molecule has 3 rings (SSSR count). The van der Waals surface area contributed by atoms with Crippen molar-refractivity contribution in [1.82, 2.24) is 14.1 Å². The number of aromatic nitrogens is 2. The number of nitrogens with two attached hydrogens (primary N) is 1. The van der Waals surface area contributed by atoms with Gasteiger partial charge in [-0.25, -0.2) is 24.0 Å². The molecule has 0 unspecified atom stereocenters. The highest BCUT2D eigenvalue weighted by atomic mass is 32.2. The number of nitrogen functional groups attached to an aromatic ring is 1. The Hall–Kier alpha value is -2.36. The highest BCUT2D eigenvalue weighted by Crippen LogP contribution is 2.21. The zero-order valence-electron chi connectivity index (χ0n) is 10.9. The third kappa shape index (κ3) is 2.49. The molecule has 3 heterocycles. The molecule has 0 radical (unpaired) electrons. The number of hydrogen-bond donors (Lipinski definition) is 3. The average Bonchev–Trinajstić information content (AvgIpc) is 3.12. The zero-order chi connectivity index (χ0) is 14.9. The molecule has 21 heavy (non-hydrogen) atoms. The predicted octanol–water partition coefficient (Wildman–Crippen LogP) is 0.691. The molecule has 0 bridgehead atoms. The summed E-state index contributed by atoms with van der Waals surface area (Å²) in [6.07, 6.45) is 4.55. The minimum Gasteiger partial charge on any atom is -0.472 e. The second kappa shape index (κ2) is 5.20. The van der Waals surface area contributed by atoms with E-state index in [0.29, 0.717) is 5.65 Å². The van der Waals surface area contributed by atoms with Crippen LogP contribution in [-0.4, -0.2) is 17.8 Å². The van der Waals surface area contributed by atoms with E-state index in [4.69, 9.17) is 10.3 Å². The maximum Gasteiger partial charge on any atom is 0.260 e. The molecule has 4 N–H and O–H groups in total. The normalized spacial score (nSPS) is 11.9. The highest BCUT2D eigenvalue weighted by molar-refractivity contribution is 7.89. The number of imidazole rings is 1. The summed E-state index contributed by atoms with van der Waals surface area (Å²) < 4.78 is 33.8. The minimum absolute atomic E-state index is 0.0379. The molecule has 3 aromatic rings. The molecule has 9 heteroatoms. The summed E-state index contributed by atoms with van der Waals surface area (Å²) in [6.45, 7) is 0.114. The molecule has 110 valence electrons. The lowest BCUT2D eigenvalue weighted by atomic mass is 10.4. The molecule has 0 aliphatic rings. The van der Waals surface area contributed by atoms with E-state index in [1.165, 1.54) is 16.9 Å². The molecule has 8 nitrogen and oxygen atoms in total. The first-order valence-electron chi connectivity index (χ1n) is 6.06. The van der Waals surface area contributed by atoms with Gasteiger partial charge in [0.1, 0.15) is 5.65 Å². The first-order chi connectivity index (χ1) is 10.1. The zero-order valence-corrected chi connectivity index (χ0v) is 11.7. The Morgan fingerprint density at radius 2 is 2.19 bits per heavy atom. The van der Waals surface area contributed by atoms with Gasteiger partial charge in [-0.1, -0.05) is 6.07 Å². The third-order valence-electron chi connectivity index (χ3n) is 2.92. The number of nitrogens with zero attached hydrogens (tertiary/aromatic N) is 2. The molecule has 0 atom stereocenters. The summed E-state index contributed by atoms with van der Waals surface area (Å²) in [4.78, 5) is 4.13. The first-order valence-corrected chi connectivity index (χ1v) is 7.54. The Labute approximate surface area is 120 Å². The summed E-state index contributed by atoms with van der Waals surface area (Å²) in [7, 11) is -3.80. The van der Waals surface area contributed by atoms with Gasteiger partial charge < -0.3 is 9.84 Å². The SMILES string of the molecule is NNc1nc2ccccn2c1S(=O)(=O)NCc1ccoc1. The van der Waals surface area contributed by atoms with Gasteiger partial charge in [-0.05, 0) is 18.2 Å². The van der Waals surface area contributed by atoms with Crippen LogP contribution in [0.2, 0.25) is 0 Å². The Balaban J connectivity index is 2.01. The summed E-state index contributed by atoms with van der Waals surface area (Å²) >= 11 is 0. The number of anilines is 1. The molecule has 0 spiro atoms. The lowest BCUT2D eigenvalue weighted by molar-refractivity contribution is 0.560. The summed E-state index contributed by atoms with van der Waals surface area (Å²) in [5.41, 5.74) is 3.51. The molecule has 3 aromatic heterocycles. The van der Waals surface area contributed by atoms with Gasteiger partial charge in [0.15, 0.2) is 10.8 Å². The van der Waals surface area contributed by atoms with Gasteiger partial charge >= 0.3 is 0 Å². The number of sulfonamides is 1. The molecule has 0 fully saturated rings. The van der Waals surface area contributed by atoms with Gasteiger partial charge in [0.2, 0.25) is 0 Å². The second-order valence-electron chi connectivity index (χ2n) is 4.29. The topological polar surface area (TPSA) is 115 Å². The standard InChI is InChI=1S/C12H13N5O3S/c13-16-11-12(17-5-2-1-3-10(17)15-11)21(18,19)14-7-9-4-6-20-8-9/h1-6,8,14,16H,7,13H2. The van der Waals surface area contributed by atoms with Gasteiger partial charge in [0, 0.05) is 18.3 Å². The Bertz CT molecular complexity index is 854. The van der Waals surface area contributed by atoms with E-state index in [0.717, 1.165) is 5.56 Å². The molecule has 0 saturated carbocycles. The van der Waals surface area contributed by atoms with Crippen molar-refractivity contribution in [2.45, 2.75) is 11.6 Å². The van der Waals surface area contributed by atoms with Crippen molar-refractivity contribution < 1.29 is 12.8 Å². The highest BCUT2D eigenvalue weighted by Gasteiger charge is 2.24. The van der Waals surface area contributed by atoms with Crippen molar-refractivity contribution >= 4 is 21.5 Å². The van der Waals surface area contributed by atoms with Crippen LogP contribution in [-0.2, 0) is 16.6 Å². The van der Waals surface area contributed by atoms with E-state index in [1.807, 2.05) is 0 Å². The Morgan fingerprint density at radius 1 is 1.33 bits per heavy atom.